The quantitative estimate of drug-likeness (QED) is 0.741. The number of sulfonamides is 1. The molecule has 0 radical (unpaired) electrons. The van der Waals surface area contributed by atoms with Crippen LogP contribution in [0.25, 0.3) is 0 Å². The summed E-state index contributed by atoms with van der Waals surface area (Å²) in [6.45, 7) is 3.58. The van der Waals surface area contributed by atoms with Crippen LogP contribution in [0.3, 0.4) is 0 Å². The van der Waals surface area contributed by atoms with Crippen molar-refractivity contribution in [3.8, 4) is 5.75 Å². The molecule has 0 aromatic heterocycles. The molecule has 1 atom stereocenters. The summed E-state index contributed by atoms with van der Waals surface area (Å²) >= 11 is 1.30. The van der Waals surface area contributed by atoms with E-state index >= 15 is 0 Å². The first-order chi connectivity index (χ1) is 9.88. The van der Waals surface area contributed by atoms with Gasteiger partial charge in [-0.2, -0.15) is 0 Å². The van der Waals surface area contributed by atoms with Gasteiger partial charge < -0.3 is 4.74 Å². The van der Waals surface area contributed by atoms with E-state index < -0.39 is 21.2 Å². The molecule has 5 nitrogen and oxygen atoms in total. The van der Waals surface area contributed by atoms with Gasteiger partial charge in [-0.05, 0) is 37.6 Å². The highest BCUT2D eigenvalue weighted by molar-refractivity contribution is 8.00. The van der Waals surface area contributed by atoms with Crippen LogP contribution < -0.4 is 9.46 Å². The first-order valence-corrected chi connectivity index (χ1v) is 9.26. The van der Waals surface area contributed by atoms with E-state index in [4.69, 9.17) is 4.74 Å². The topological polar surface area (TPSA) is 72.5 Å². The lowest BCUT2D eigenvalue weighted by atomic mass is 10.3. The third-order valence-corrected chi connectivity index (χ3v) is 5.21. The van der Waals surface area contributed by atoms with Crippen molar-refractivity contribution in [3.05, 3.63) is 24.3 Å². The van der Waals surface area contributed by atoms with E-state index in [0.717, 1.165) is 17.1 Å². The van der Waals surface area contributed by atoms with Crippen LogP contribution in [0, 0.1) is 0 Å². The van der Waals surface area contributed by atoms with Gasteiger partial charge in [-0.25, -0.2) is 8.42 Å². The Bertz CT molecular complexity index is 555. The minimum atomic E-state index is -3.52. The lowest BCUT2D eigenvalue weighted by Gasteiger charge is -2.12. The van der Waals surface area contributed by atoms with Gasteiger partial charge in [0.25, 0.3) is 0 Å². The summed E-state index contributed by atoms with van der Waals surface area (Å²) in [5.74, 6) is 0.223. The van der Waals surface area contributed by atoms with Crippen LogP contribution in [-0.2, 0) is 14.8 Å². The van der Waals surface area contributed by atoms with Crippen LogP contribution >= 0.6 is 11.8 Å². The molecular formula is C14H21NO4S2. The van der Waals surface area contributed by atoms with Gasteiger partial charge in [0.15, 0.2) is 0 Å². The van der Waals surface area contributed by atoms with Crippen LogP contribution in [0.15, 0.2) is 29.2 Å². The molecule has 1 rings (SSSR count). The molecule has 118 valence electrons. The standard InChI is InChI=1S/C14H21NO4S2/c1-4-5-10-21(17,18)15-14(16)11(2)20-13-8-6-12(19-3)7-9-13/h6-9,11H,4-5,10H2,1-3H3,(H,15,16)/t11-/m0/s1. The van der Waals surface area contributed by atoms with Crippen molar-refractivity contribution in [2.75, 3.05) is 12.9 Å². The summed E-state index contributed by atoms with van der Waals surface area (Å²) in [6, 6.07) is 7.26. The summed E-state index contributed by atoms with van der Waals surface area (Å²) in [4.78, 5) is 12.8. The molecule has 1 aromatic rings. The summed E-state index contributed by atoms with van der Waals surface area (Å²) in [6.07, 6.45) is 1.31. The van der Waals surface area contributed by atoms with E-state index in [1.165, 1.54) is 11.8 Å². The Hall–Kier alpha value is -1.21. The maximum atomic E-state index is 11.9. The highest BCUT2D eigenvalue weighted by Crippen LogP contribution is 2.25. The summed E-state index contributed by atoms with van der Waals surface area (Å²) in [5.41, 5.74) is 0. The zero-order valence-electron chi connectivity index (χ0n) is 12.5. The molecule has 0 unspecified atom stereocenters. The summed E-state index contributed by atoms with van der Waals surface area (Å²) < 4.78 is 30.5. The van der Waals surface area contributed by atoms with Gasteiger partial charge in [-0.1, -0.05) is 13.3 Å². The van der Waals surface area contributed by atoms with Crippen LogP contribution in [0.2, 0.25) is 0 Å². The third kappa shape index (κ3) is 6.39. The minimum Gasteiger partial charge on any atom is -0.497 e. The van der Waals surface area contributed by atoms with Crippen molar-refractivity contribution in [2.24, 2.45) is 0 Å². The number of nitrogens with one attached hydrogen (secondary N) is 1. The number of unbranched alkanes of at least 4 members (excludes halogenated alkanes) is 1. The van der Waals surface area contributed by atoms with Gasteiger partial charge in [-0.15, -0.1) is 11.8 Å². The van der Waals surface area contributed by atoms with Crippen molar-refractivity contribution in [1.29, 1.82) is 0 Å². The molecule has 0 heterocycles. The summed E-state index contributed by atoms with van der Waals surface area (Å²) in [5, 5.41) is -0.491. The molecule has 1 N–H and O–H groups in total. The molecule has 0 saturated carbocycles. The van der Waals surface area contributed by atoms with Gasteiger partial charge >= 0.3 is 0 Å². The molecule has 0 fully saturated rings. The predicted octanol–water partition coefficient (Wildman–Crippen LogP) is 2.42. The Morgan fingerprint density at radius 1 is 1.33 bits per heavy atom. The molecule has 0 spiro atoms. The van der Waals surface area contributed by atoms with Crippen molar-refractivity contribution in [1.82, 2.24) is 4.72 Å². The van der Waals surface area contributed by atoms with Crippen molar-refractivity contribution in [3.63, 3.8) is 0 Å². The summed E-state index contributed by atoms with van der Waals surface area (Å²) in [7, 11) is -1.94. The number of rotatable bonds is 8. The van der Waals surface area contributed by atoms with E-state index in [1.54, 1.807) is 26.2 Å². The van der Waals surface area contributed by atoms with Gasteiger partial charge in [0.1, 0.15) is 5.75 Å². The number of carbonyl (C=O) groups excluding carboxylic acids is 1. The van der Waals surface area contributed by atoms with Crippen molar-refractivity contribution in [2.45, 2.75) is 36.8 Å². The molecule has 1 aromatic carbocycles. The smallest absolute Gasteiger partial charge is 0.246 e. The Morgan fingerprint density at radius 2 is 1.95 bits per heavy atom. The fraction of sp³-hybridized carbons (Fsp3) is 0.500. The van der Waals surface area contributed by atoms with Crippen LogP contribution in [0.1, 0.15) is 26.7 Å². The number of carbonyl (C=O) groups is 1. The number of benzene rings is 1. The van der Waals surface area contributed by atoms with E-state index in [2.05, 4.69) is 4.72 Å². The van der Waals surface area contributed by atoms with Gasteiger partial charge in [-0.3, -0.25) is 9.52 Å². The maximum absolute atomic E-state index is 11.9. The highest BCUT2D eigenvalue weighted by Gasteiger charge is 2.20. The Labute approximate surface area is 130 Å². The second-order valence-corrected chi connectivity index (χ2v) is 7.83. The fourth-order valence-electron chi connectivity index (χ4n) is 1.53. The molecule has 21 heavy (non-hydrogen) atoms. The number of hydrogen-bond acceptors (Lipinski definition) is 5. The van der Waals surface area contributed by atoms with E-state index in [0.29, 0.717) is 6.42 Å². The normalized spacial score (nSPS) is 12.7. The zero-order chi connectivity index (χ0) is 15.9. The molecule has 0 aliphatic carbocycles. The molecular weight excluding hydrogens is 310 g/mol. The lowest BCUT2D eigenvalue weighted by molar-refractivity contribution is -0.118. The first kappa shape index (κ1) is 17.8. The van der Waals surface area contributed by atoms with Gasteiger partial charge in [0.2, 0.25) is 15.9 Å². The molecule has 1 amide bonds. The van der Waals surface area contributed by atoms with Crippen molar-refractivity contribution < 1.29 is 17.9 Å². The Balaban J connectivity index is 2.57. The maximum Gasteiger partial charge on any atom is 0.246 e. The lowest BCUT2D eigenvalue weighted by Crippen LogP contribution is -2.37. The van der Waals surface area contributed by atoms with E-state index in [9.17, 15) is 13.2 Å². The second-order valence-electron chi connectivity index (χ2n) is 4.57. The second kappa shape index (κ2) is 8.29. The van der Waals surface area contributed by atoms with E-state index in [1.807, 2.05) is 19.1 Å². The van der Waals surface area contributed by atoms with Crippen molar-refractivity contribution >= 4 is 27.7 Å². The van der Waals surface area contributed by atoms with Crippen LogP contribution in [0.4, 0.5) is 0 Å². The average molecular weight is 331 g/mol. The minimum absolute atomic E-state index is 0.0187. The third-order valence-electron chi connectivity index (χ3n) is 2.76. The number of methoxy groups -OCH3 is 1. The zero-order valence-corrected chi connectivity index (χ0v) is 14.1. The Kier molecular flexibility index (Phi) is 7.04. The van der Waals surface area contributed by atoms with Gasteiger partial charge in [0.05, 0.1) is 18.1 Å². The molecule has 0 aliphatic rings. The first-order valence-electron chi connectivity index (χ1n) is 6.73. The van der Waals surface area contributed by atoms with Gasteiger partial charge in [0, 0.05) is 4.90 Å². The highest BCUT2D eigenvalue weighted by atomic mass is 32.2. The molecule has 0 bridgehead atoms. The largest absolute Gasteiger partial charge is 0.497 e. The number of amides is 1. The predicted molar refractivity (Wildman–Crippen MR) is 85.2 cm³/mol. The molecule has 7 heteroatoms. The molecule has 0 aliphatic heterocycles. The number of thioether (sulfide) groups is 1. The monoisotopic (exact) mass is 331 g/mol. The van der Waals surface area contributed by atoms with E-state index in [-0.39, 0.29) is 5.75 Å². The number of hydrogen-bond donors (Lipinski definition) is 1. The molecule has 0 saturated heterocycles. The van der Waals surface area contributed by atoms with Crippen LogP contribution in [0.5, 0.6) is 5.75 Å². The number of ether oxygens (including phenoxy) is 1. The SMILES string of the molecule is CCCCS(=O)(=O)NC(=O)[C@H](C)Sc1ccc(OC)cc1. The Morgan fingerprint density at radius 3 is 2.48 bits per heavy atom. The van der Waals surface area contributed by atoms with Crippen LogP contribution in [-0.4, -0.2) is 32.4 Å². The average Bonchev–Trinajstić information content (AvgIpc) is 2.45. The fourth-order valence-corrected chi connectivity index (χ4v) is 3.73.